The minimum atomic E-state index is -4.31. The number of anilines is 1. The summed E-state index contributed by atoms with van der Waals surface area (Å²) in [5.74, 6) is 0.878. The van der Waals surface area contributed by atoms with Gasteiger partial charge in [0.15, 0.2) is 0 Å². The molecule has 1 saturated carbocycles. The largest absolute Gasteiger partial charge is 0.416 e. The Balaban J connectivity index is 1.61. The number of hydrogen-bond donors (Lipinski definition) is 2. The van der Waals surface area contributed by atoms with E-state index in [-0.39, 0.29) is 24.0 Å². The maximum atomic E-state index is 12.8. The van der Waals surface area contributed by atoms with E-state index in [2.05, 4.69) is 15.5 Å². The van der Waals surface area contributed by atoms with Crippen LogP contribution in [0.5, 0.6) is 0 Å². The Morgan fingerprint density at radius 1 is 1.18 bits per heavy atom. The van der Waals surface area contributed by atoms with Gasteiger partial charge in [0.1, 0.15) is 0 Å². The fraction of sp³-hybridized carbons (Fsp3) is 0.667. The minimum Gasteiger partial charge on any atom is -0.371 e. The van der Waals surface area contributed by atoms with E-state index in [0.29, 0.717) is 11.8 Å². The lowest BCUT2D eigenvalue weighted by molar-refractivity contribution is -0.137. The van der Waals surface area contributed by atoms with Gasteiger partial charge in [-0.2, -0.15) is 13.2 Å². The summed E-state index contributed by atoms with van der Waals surface area (Å²) in [7, 11) is 0. The number of carbonyl (C=O) groups excluding carboxylic acids is 1. The SMILES string of the molecule is CC[C@H](NC(C)C)C(=O)N[C@H]1CC[C@@H]2CN(c3ccc(C(F)(F)F)cc3)C[C@@H]21. The van der Waals surface area contributed by atoms with Gasteiger partial charge in [-0.05, 0) is 49.4 Å². The van der Waals surface area contributed by atoms with Gasteiger partial charge in [-0.3, -0.25) is 4.79 Å². The Hall–Kier alpha value is -1.76. The predicted molar refractivity (Wildman–Crippen MR) is 104 cm³/mol. The van der Waals surface area contributed by atoms with Gasteiger partial charge in [0.2, 0.25) is 5.91 Å². The standard InChI is InChI=1S/C21H30F3N3O/c1-4-18(25-13(2)3)20(28)26-19-10-5-14-11-27(12-17(14)19)16-8-6-15(7-9-16)21(22,23)24/h6-9,13-14,17-19,25H,4-5,10-12H2,1-3H3,(H,26,28)/t14-,17+,18+,19+/m1/s1. The van der Waals surface area contributed by atoms with Crippen molar-refractivity contribution in [2.24, 2.45) is 11.8 Å². The normalized spacial score (nSPS) is 25.8. The second kappa shape index (κ2) is 8.31. The van der Waals surface area contributed by atoms with Crippen LogP contribution < -0.4 is 15.5 Å². The van der Waals surface area contributed by atoms with E-state index in [0.717, 1.165) is 50.2 Å². The molecule has 7 heteroatoms. The fourth-order valence-corrected chi connectivity index (χ4v) is 4.58. The number of halogens is 3. The highest BCUT2D eigenvalue weighted by Gasteiger charge is 2.43. The van der Waals surface area contributed by atoms with Crippen molar-refractivity contribution in [2.75, 3.05) is 18.0 Å². The van der Waals surface area contributed by atoms with Gasteiger partial charge < -0.3 is 15.5 Å². The lowest BCUT2D eigenvalue weighted by Gasteiger charge is -2.26. The summed E-state index contributed by atoms with van der Waals surface area (Å²) in [6, 6.07) is 5.59. The molecule has 28 heavy (non-hydrogen) atoms. The molecule has 1 aliphatic carbocycles. The molecule has 3 rings (SSSR count). The van der Waals surface area contributed by atoms with Crippen LogP contribution in [0.2, 0.25) is 0 Å². The molecule has 156 valence electrons. The molecule has 2 N–H and O–H groups in total. The van der Waals surface area contributed by atoms with Gasteiger partial charge in [-0.25, -0.2) is 0 Å². The number of carbonyl (C=O) groups is 1. The molecular formula is C21H30F3N3O. The smallest absolute Gasteiger partial charge is 0.371 e. The zero-order valence-corrected chi connectivity index (χ0v) is 16.7. The molecule has 2 fully saturated rings. The van der Waals surface area contributed by atoms with Gasteiger partial charge in [0.25, 0.3) is 0 Å². The molecule has 0 bridgehead atoms. The molecule has 0 spiro atoms. The summed E-state index contributed by atoms with van der Waals surface area (Å²) in [6.45, 7) is 7.67. The van der Waals surface area contributed by atoms with Gasteiger partial charge in [0.05, 0.1) is 11.6 Å². The maximum absolute atomic E-state index is 12.8. The molecule has 2 aliphatic rings. The van der Waals surface area contributed by atoms with Crippen LogP contribution in [0.3, 0.4) is 0 Å². The number of nitrogens with zero attached hydrogens (tertiary/aromatic N) is 1. The average Bonchev–Trinajstić information content (AvgIpc) is 3.21. The Bertz CT molecular complexity index is 674. The number of amides is 1. The summed E-state index contributed by atoms with van der Waals surface area (Å²) in [4.78, 5) is 14.8. The van der Waals surface area contributed by atoms with Gasteiger partial charge >= 0.3 is 6.18 Å². The van der Waals surface area contributed by atoms with E-state index in [1.54, 1.807) is 12.1 Å². The van der Waals surface area contributed by atoms with Crippen LogP contribution >= 0.6 is 0 Å². The molecule has 1 aromatic rings. The third-order valence-electron chi connectivity index (χ3n) is 6.00. The van der Waals surface area contributed by atoms with Crippen LogP contribution in [-0.4, -0.2) is 37.1 Å². The lowest BCUT2D eigenvalue weighted by Crippen LogP contribution is -2.50. The van der Waals surface area contributed by atoms with Crippen LogP contribution in [-0.2, 0) is 11.0 Å². The second-order valence-corrected chi connectivity index (χ2v) is 8.35. The molecule has 1 aliphatic heterocycles. The highest BCUT2D eigenvalue weighted by atomic mass is 19.4. The second-order valence-electron chi connectivity index (χ2n) is 8.35. The number of fused-ring (bicyclic) bond motifs is 1. The van der Waals surface area contributed by atoms with E-state index in [1.165, 1.54) is 0 Å². The van der Waals surface area contributed by atoms with E-state index in [9.17, 15) is 18.0 Å². The summed E-state index contributed by atoms with van der Waals surface area (Å²) in [6.07, 6.45) is -1.56. The quantitative estimate of drug-likeness (QED) is 0.767. The summed E-state index contributed by atoms with van der Waals surface area (Å²) < 4.78 is 38.3. The summed E-state index contributed by atoms with van der Waals surface area (Å²) in [5, 5.41) is 6.53. The van der Waals surface area contributed by atoms with Gasteiger partial charge in [-0.1, -0.05) is 20.8 Å². The first-order valence-corrected chi connectivity index (χ1v) is 10.2. The van der Waals surface area contributed by atoms with Crippen LogP contribution in [0.15, 0.2) is 24.3 Å². The van der Waals surface area contributed by atoms with Crippen molar-refractivity contribution in [2.45, 2.75) is 64.3 Å². The lowest BCUT2D eigenvalue weighted by atomic mass is 9.97. The van der Waals surface area contributed by atoms with Crippen molar-refractivity contribution in [3.8, 4) is 0 Å². The van der Waals surface area contributed by atoms with Crippen LogP contribution in [0, 0.1) is 11.8 Å². The number of rotatable bonds is 6. The predicted octanol–water partition coefficient (Wildman–Crippen LogP) is 3.81. The van der Waals surface area contributed by atoms with Gasteiger partial charge in [-0.15, -0.1) is 0 Å². The summed E-state index contributed by atoms with van der Waals surface area (Å²) in [5.41, 5.74) is 0.199. The first-order valence-electron chi connectivity index (χ1n) is 10.2. The van der Waals surface area contributed by atoms with E-state index < -0.39 is 11.7 Å². The number of hydrogen-bond acceptors (Lipinski definition) is 3. The van der Waals surface area contributed by atoms with E-state index in [1.807, 2.05) is 20.8 Å². The third kappa shape index (κ3) is 4.62. The first kappa shape index (κ1) is 21.0. The van der Waals surface area contributed by atoms with Crippen LogP contribution in [0.1, 0.15) is 45.6 Å². The number of alkyl halides is 3. The van der Waals surface area contributed by atoms with Crippen molar-refractivity contribution in [3.63, 3.8) is 0 Å². The topological polar surface area (TPSA) is 44.4 Å². The van der Waals surface area contributed by atoms with Crippen molar-refractivity contribution in [3.05, 3.63) is 29.8 Å². The molecule has 1 saturated heterocycles. The van der Waals surface area contributed by atoms with Crippen molar-refractivity contribution in [1.29, 1.82) is 0 Å². The highest BCUT2D eigenvalue weighted by molar-refractivity contribution is 5.82. The molecule has 0 aromatic heterocycles. The summed E-state index contributed by atoms with van der Waals surface area (Å²) >= 11 is 0. The highest BCUT2D eigenvalue weighted by Crippen LogP contribution is 2.40. The molecule has 0 unspecified atom stereocenters. The average molecular weight is 397 g/mol. The van der Waals surface area contributed by atoms with Crippen molar-refractivity contribution >= 4 is 11.6 Å². The first-order chi connectivity index (χ1) is 13.2. The Morgan fingerprint density at radius 3 is 2.43 bits per heavy atom. The molecule has 1 amide bonds. The van der Waals surface area contributed by atoms with Crippen molar-refractivity contribution in [1.82, 2.24) is 10.6 Å². The van der Waals surface area contributed by atoms with Gasteiger partial charge in [0, 0.05) is 36.8 Å². The number of nitrogens with one attached hydrogen (secondary N) is 2. The monoisotopic (exact) mass is 397 g/mol. The molecule has 1 heterocycles. The Morgan fingerprint density at radius 2 is 1.86 bits per heavy atom. The van der Waals surface area contributed by atoms with Crippen LogP contribution in [0.25, 0.3) is 0 Å². The zero-order valence-electron chi connectivity index (χ0n) is 16.7. The zero-order chi connectivity index (χ0) is 20.5. The molecular weight excluding hydrogens is 367 g/mol. The minimum absolute atomic E-state index is 0.0508. The molecule has 1 aromatic carbocycles. The molecule has 4 atom stereocenters. The third-order valence-corrected chi connectivity index (χ3v) is 6.00. The maximum Gasteiger partial charge on any atom is 0.416 e. The number of benzene rings is 1. The van der Waals surface area contributed by atoms with Crippen molar-refractivity contribution < 1.29 is 18.0 Å². The van der Waals surface area contributed by atoms with E-state index in [4.69, 9.17) is 0 Å². The molecule has 0 radical (unpaired) electrons. The van der Waals surface area contributed by atoms with Crippen LogP contribution in [0.4, 0.5) is 18.9 Å². The molecule has 4 nitrogen and oxygen atoms in total. The fourth-order valence-electron chi connectivity index (χ4n) is 4.58. The Kier molecular flexibility index (Phi) is 6.22. The van der Waals surface area contributed by atoms with E-state index >= 15 is 0 Å². The Labute approximate surface area is 164 Å².